The number of carboxylic acid groups (broad SMARTS) is 1. The van der Waals surface area contributed by atoms with Gasteiger partial charge in [0.2, 0.25) is 0 Å². The molecule has 43 heavy (non-hydrogen) atoms. The molecule has 0 saturated heterocycles. The molecule has 0 saturated carbocycles. The highest BCUT2D eigenvalue weighted by molar-refractivity contribution is 5.67. The van der Waals surface area contributed by atoms with Crippen molar-refractivity contribution >= 4 is 12.1 Å². The van der Waals surface area contributed by atoms with Crippen molar-refractivity contribution in [2.75, 3.05) is 139 Å². The third-order valence-electron chi connectivity index (χ3n) is 4.72. The normalized spacial score (nSPS) is 11.6. The summed E-state index contributed by atoms with van der Waals surface area (Å²) in [5, 5.41) is 11.1. The maximum Gasteiger partial charge on any atom is 0.407 e. The summed E-state index contributed by atoms with van der Waals surface area (Å²) in [6, 6.07) is 0. The molecule has 0 rings (SSSR count). The van der Waals surface area contributed by atoms with Crippen LogP contribution in [0.15, 0.2) is 0 Å². The number of rotatable bonds is 33. The van der Waals surface area contributed by atoms with Crippen molar-refractivity contribution < 1.29 is 66.8 Å². The summed E-state index contributed by atoms with van der Waals surface area (Å²) in [5.41, 5.74) is -0.515. The standard InChI is InChI=1S/C28H55NO14/c1-28(2,3)43-27(32)29-5-7-34-9-11-36-13-15-38-17-19-40-21-23-42-25-24-41-22-20-39-18-16-37-14-12-35-10-8-33-6-4-26(30)31/h4-25H2,1-3H3,(H,29,32)(H,30,31). The molecule has 0 aromatic carbocycles. The second-order valence-corrected chi connectivity index (χ2v) is 9.70. The molecule has 0 aliphatic carbocycles. The van der Waals surface area contributed by atoms with Crippen molar-refractivity contribution in [2.24, 2.45) is 0 Å². The van der Waals surface area contributed by atoms with E-state index < -0.39 is 17.7 Å². The zero-order chi connectivity index (χ0) is 31.7. The molecule has 15 heteroatoms. The van der Waals surface area contributed by atoms with Gasteiger partial charge >= 0.3 is 12.1 Å². The molecule has 0 bridgehead atoms. The van der Waals surface area contributed by atoms with Gasteiger partial charge in [-0.15, -0.1) is 0 Å². The predicted molar refractivity (Wildman–Crippen MR) is 155 cm³/mol. The Balaban J connectivity index is 3.10. The lowest BCUT2D eigenvalue weighted by molar-refractivity contribution is -0.138. The fraction of sp³-hybridized carbons (Fsp3) is 0.929. The van der Waals surface area contributed by atoms with Crippen LogP contribution in [0.5, 0.6) is 0 Å². The number of carbonyl (C=O) groups excluding carboxylic acids is 1. The third kappa shape index (κ3) is 38.3. The number of nitrogens with one attached hydrogen (secondary N) is 1. The van der Waals surface area contributed by atoms with Gasteiger partial charge in [-0.05, 0) is 20.8 Å². The van der Waals surface area contributed by atoms with Gasteiger partial charge in [0.25, 0.3) is 0 Å². The lowest BCUT2D eigenvalue weighted by Crippen LogP contribution is -2.34. The van der Waals surface area contributed by atoms with Crippen LogP contribution in [0.4, 0.5) is 4.79 Å². The Morgan fingerprint density at radius 2 is 0.721 bits per heavy atom. The number of carbonyl (C=O) groups is 2. The highest BCUT2D eigenvalue weighted by Gasteiger charge is 2.15. The maximum absolute atomic E-state index is 11.5. The topological polar surface area (TPSA) is 168 Å². The third-order valence-corrected chi connectivity index (χ3v) is 4.72. The second-order valence-electron chi connectivity index (χ2n) is 9.70. The molecule has 0 atom stereocenters. The molecule has 0 radical (unpaired) electrons. The van der Waals surface area contributed by atoms with Gasteiger partial charge in [0.1, 0.15) is 5.60 Å². The molecular weight excluding hydrogens is 574 g/mol. The van der Waals surface area contributed by atoms with Crippen LogP contribution in [0.3, 0.4) is 0 Å². The number of ether oxygens (including phenoxy) is 11. The second kappa shape index (κ2) is 31.8. The molecule has 1 amide bonds. The van der Waals surface area contributed by atoms with Gasteiger partial charge in [0.05, 0.1) is 139 Å². The van der Waals surface area contributed by atoms with E-state index in [9.17, 15) is 9.59 Å². The minimum Gasteiger partial charge on any atom is -0.481 e. The lowest BCUT2D eigenvalue weighted by atomic mass is 10.2. The molecule has 2 N–H and O–H groups in total. The van der Waals surface area contributed by atoms with E-state index in [1.54, 1.807) is 0 Å². The smallest absolute Gasteiger partial charge is 0.407 e. The van der Waals surface area contributed by atoms with Crippen LogP contribution in [-0.2, 0) is 56.9 Å². The molecule has 0 aromatic rings. The Morgan fingerprint density at radius 1 is 0.465 bits per heavy atom. The summed E-state index contributed by atoms with van der Waals surface area (Å²) in [6.07, 6.45) is -0.462. The Morgan fingerprint density at radius 3 is 0.977 bits per heavy atom. The molecule has 0 aromatic heterocycles. The number of carboxylic acids is 1. The largest absolute Gasteiger partial charge is 0.481 e. The molecule has 0 aliphatic rings. The molecule has 256 valence electrons. The first kappa shape index (κ1) is 41.3. The Hall–Kier alpha value is -1.66. The molecule has 0 unspecified atom stereocenters. The van der Waals surface area contributed by atoms with Crippen molar-refractivity contribution in [1.29, 1.82) is 0 Å². The van der Waals surface area contributed by atoms with E-state index in [-0.39, 0.29) is 13.0 Å². The summed E-state index contributed by atoms with van der Waals surface area (Å²) < 4.78 is 58.9. The zero-order valence-electron chi connectivity index (χ0n) is 26.3. The molecule has 0 spiro atoms. The Labute approximate surface area is 256 Å². The first-order valence-corrected chi connectivity index (χ1v) is 14.8. The van der Waals surface area contributed by atoms with Crippen LogP contribution in [0, 0.1) is 0 Å². The van der Waals surface area contributed by atoms with E-state index >= 15 is 0 Å². The van der Waals surface area contributed by atoms with E-state index in [1.165, 1.54) is 0 Å². The van der Waals surface area contributed by atoms with Gasteiger partial charge in [-0.2, -0.15) is 0 Å². The van der Waals surface area contributed by atoms with Crippen molar-refractivity contribution in [2.45, 2.75) is 32.8 Å². The summed E-state index contributed by atoms with van der Waals surface area (Å²) in [7, 11) is 0. The van der Waals surface area contributed by atoms with Gasteiger partial charge in [-0.1, -0.05) is 0 Å². The van der Waals surface area contributed by atoms with Gasteiger partial charge in [0.15, 0.2) is 0 Å². The minimum absolute atomic E-state index is 0.00526. The van der Waals surface area contributed by atoms with Crippen molar-refractivity contribution in [1.82, 2.24) is 5.32 Å². The number of alkyl carbamates (subject to hydrolysis) is 1. The predicted octanol–water partition coefficient (Wildman–Crippen LogP) is 1.15. The van der Waals surface area contributed by atoms with Gasteiger partial charge < -0.3 is 62.5 Å². The lowest BCUT2D eigenvalue weighted by Gasteiger charge is -2.19. The number of hydrogen-bond donors (Lipinski definition) is 2. The highest BCUT2D eigenvalue weighted by atomic mass is 16.6. The fourth-order valence-corrected chi connectivity index (χ4v) is 2.78. The van der Waals surface area contributed by atoms with Crippen LogP contribution >= 0.6 is 0 Å². The van der Waals surface area contributed by atoms with Crippen molar-refractivity contribution in [3.8, 4) is 0 Å². The summed E-state index contributed by atoms with van der Waals surface area (Å²) in [4.78, 5) is 21.8. The van der Waals surface area contributed by atoms with Crippen molar-refractivity contribution in [3.05, 3.63) is 0 Å². The van der Waals surface area contributed by atoms with Crippen LogP contribution in [0.1, 0.15) is 27.2 Å². The Bertz CT molecular complexity index is 621. The maximum atomic E-state index is 11.5. The fourth-order valence-electron chi connectivity index (χ4n) is 2.78. The quantitative estimate of drug-likeness (QED) is 0.0992. The number of amides is 1. The van der Waals surface area contributed by atoms with Crippen LogP contribution < -0.4 is 5.32 Å². The Kier molecular flexibility index (Phi) is 30.5. The van der Waals surface area contributed by atoms with E-state index in [0.717, 1.165) is 0 Å². The SMILES string of the molecule is CC(C)(C)OC(=O)NCCOCCOCCOCCOCCOCCOCCOCCOCCOCCOCCC(=O)O. The first-order chi connectivity index (χ1) is 20.8. The van der Waals surface area contributed by atoms with E-state index in [2.05, 4.69) is 5.32 Å². The molecule has 0 fully saturated rings. The average Bonchev–Trinajstić information content (AvgIpc) is 2.94. The van der Waals surface area contributed by atoms with Gasteiger partial charge in [-0.25, -0.2) is 4.79 Å². The molecule has 0 aliphatic heterocycles. The summed E-state index contributed by atoms with van der Waals surface area (Å²) in [6.45, 7) is 14.6. The van der Waals surface area contributed by atoms with Gasteiger partial charge in [0, 0.05) is 6.54 Å². The van der Waals surface area contributed by atoms with E-state index in [4.69, 9.17) is 57.2 Å². The number of aliphatic carboxylic acids is 1. The van der Waals surface area contributed by atoms with E-state index in [1.807, 2.05) is 20.8 Å². The zero-order valence-corrected chi connectivity index (χ0v) is 26.3. The monoisotopic (exact) mass is 629 g/mol. The van der Waals surface area contributed by atoms with Crippen molar-refractivity contribution in [3.63, 3.8) is 0 Å². The number of hydrogen-bond acceptors (Lipinski definition) is 13. The van der Waals surface area contributed by atoms with Crippen LogP contribution in [0.2, 0.25) is 0 Å². The highest BCUT2D eigenvalue weighted by Crippen LogP contribution is 2.06. The molecular formula is C28H55NO14. The first-order valence-electron chi connectivity index (χ1n) is 14.8. The van der Waals surface area contributed by atoms with E-state index in [0.29, 0.717) is 132 Å². The summed E-state index contributed by atoms with van der Waals surface area (Å²) >= 11 is 0. The average molecular weight is 630 g/mol. The molecule has 15 nitrogen and oxygen atoms in total. The van der Waals surface area contributed by atoms with Crippen LogP contribution in [-0.4, -0.2) is 161 Å². The van der Waals surface area contributed by atoms with Crippen LogP contribution in [0.25, 0.3) is 0 Å². The summed E-state index contributed by atoms with van der Waals surface area (Å²) in [5.74, 6) is -0.877. The van der Waals surface area contributed by atoms with Gasteiger partial charge in [-0.3, -0.25) is 4.79 Å². The molecule has 0 heterocycles. The minimum atomic E-state index is -0.877.